The van der Waals surface area contributed by atoms with Crippen LogP contribution in [0.25, 0.3) is 11.0 Å². The van der Waals surface area contributed by atoms with E-state index in [1.165, 1.54) is 5.56 Å². The maximum atomic E-state index is 6.02. The molecule has 19 heavy (non-hydrogen) atoms. The minimum absolute atomic E-state index is 0.625. The molecule has 4 heteroatoms. The van der Waals surface area contributed by atoms with Crippen LogP contribution in [0.1, 0.15) is 25.8 Å². The zero-order valence-corrected chi connectivity index (χ0v) is 12.2. The number of nitrogens with two attached hydrogens (primary N) is 1. The van der Waals surface area contributed by atoms with Crippen molar-refractivity contribution in [2.24, 2.45) is 0 Å². The molecule has 2 aromatic rings. The van der Waals surface area contributed by atoms with Crippen molar-refractivity contribution in [3.05, 3.63) is 23.8 Å². The molecule has 4 nitrogen and oxygen atoms in total. The van der Waals surface area contributed by atoms with Gasteiger partial charge in [-0.3, -0.25) is 0 Å². The third-order valence-electron chi connectivity index (χ3n) is 3.68. The van der Waals surface area contributed by atoms with Gasteiger partial charge in [0.1, 0.15) is 0 Å². The number of hydrogen-bond acceptors (Lipinski definition) is 3. The number of aryl methyl sites for hydroxylation is 2. The Morgan fingerprint density at radius 3 is 2.68 bits per heavy atom. The van der Waals surface area contributed by atoms with Crippen LogP contribution < -0.4 is 5.73 Å². The van der Waals surface area contributed by atoms with Crippen LogP contribution in [0.5, 0.6) is 0 Å². The van der Waals surface area contributed by atoms with Crippen molar-refractivity contribution in [3.63, 3.8) is 0 Å². The van der Waals surface area contributed by atoms with Gasteiger partial charge in [0.15, 0.2) is 0 Å². The van der Waals surface area contributed by atoms with Crippen molar-refractivity contribution in [1.29, 1.82) is 0 Å². The highest BCUT2D eigenvalue weighted by molar-refractivity contribution is 5.79. The fraction of sp³-hybridized carbons (Fsp3) is 0.533. The molecule has 0 aliphatic heterocycles. The van der Waals surface area contributed by atoms with Gasteiger partial charge in [0, 0.05) is 6.54 Å². The van der Waals surface area contributed by atoms with Gasteiger partial charge in [-0.25, -0.2) is 4.98 Å². The molecule has 0 saturated carbocycles. The van der Waals surface area contributed by atoms with E-state index in [2.05, 4.69) is 47.4 Å². The highest BCUT2D eigenvalue weighted by Gasteiger charge is 2.08. The lowest BCUT2D eigenvalue weighted by atomic mass is 10.2. The molecule has 0 aliphatic rings. The molecule has 1 aromatic heterocycles. The molecule has 0 fully saturated rings. The third kappa shape index (κ3) is 3.07. The van der Waals surface area contributed by atoms with E-state index in [-0.39, 0.29) is 0 Å². The maximum Gasteiger partial charge on any atom is 0.201 e. The number of nitrogens with zero attached hydrogens (tertiary/aromatic N) is 3. The second-order valence-corrected chi connectivity index (χ2v) is 4.99. The predicted molar refractivity (Wildman–Crippen MR) is 81.3 cm³/mol. The Morgan fingerprint density at radius 2 is 2.00 bits per heavy atom. The summed E-state index contributed by atoms with van der Waals surface area (Å²) in [5.74, 6) is 0.625. The Morgan fingerprint density at radius 1 is 1.26 bits per heavy atom. The Hall–Kier alpha value is -1.55. The summed E-state index contributed by atoms with van der Waals surface area (Å²) in [4.78, 5) is 6.85. The molecule has 1 heterocycles. The molecular formula is C15H24N4. The van der Waals surface area contributed by atoms with E-state index >= 15 is 0 Å². The molecule has 0 radical (unpaired) electrons. The molecule has 0 spiro atoms. The minimum atomic E-state index is 0.625. The first kappa shape index (κ1) is 13.9. The standard InChI is InChI=1S/C15H24N4/c1-4-18(5-2)9-6-10-19-14-11-12(3)7-8-13(14)17-15(19)16/h7-8,11H,4-6,9-10H2,1-3H3,(H2,16,17). The average Bonchev–Trinajstić information content (AvgIpc) is 2.71. The molecule has 0 aliphatic carbocycles. The Bertz CT molecular complexity index is 540. The highest BCUT2D eigenvalue weighted by Crippen LogP contribution is 2.19. The van der Waals surface area contributed by atoms with Gasteiger partial charge in [-0.2, -0.15) is 0 Å². The molecule has 0 amide bonds. The fourth-order valence-corrected chi connectivity index (χ4v) is 2.48. The first-order valence-electron chi connectivity index (χ1n) is 7.10. The van der Waals surface area contributed by atoms with Crippen molar-refractivity contribution in [2.45, 2.75) is 33.7 Å². The van der Waals surface area contributed by atoms with Crippen LogP contribution >= 0.6 is 0 Å². The summed E-state index contributed by atoms with van der Waals surface area (Å²) in [5, 5.41) is 0. The fourth-order valence-electron chi connectivity index (χ4n) is 2.48. The summed E-state index contributed by atoms with van der Waals surface area (Å²) in [6, 6.07) is 6.28. The average molecular weight is 260 g/mol. The van der Waals surface area contributed by atoms with Crippen molar-refractivity contribution in [2.75, 3.05) is 25.4 Å². The predicted octanol–water partition coefficient (Wildman–Crippen LogP) is 2.66. The number of imidazole rings is 1. The summed E-state index contributed by atoms with van der Waals surface area (Å²) in [5.41, 5.74) is 9.41. The first-order valence-corrected chi connectivity index (χ1v) is 7.10. The second kappa shape index (κ2) is 6.06. The lowest BCUT2D eigenvalue weighted by Crippen LogP contribution is -2.25. The van der Waals surface area contributed by atoms with E-state index in [0.717, 1.165) is 43.6 Å². The summed E-state index contributed by atoms with van der Waals surface area (Å²) in [6.07, 6.45) is 1.10. The van der Waals surface area contributed by atoms with Crippen LogP contribution in [-0.2, 0) is 6.54 Å². The van der Waals surface area contributed by atoms with Gasteiger partial charge in [0.2, 0.25) is 5.95 Å². The van der Waals surface area contributed by atoms with E-state index in [4.69, 9.17) is 5.73 Å². The highest BCUT2D eigenvalue weighted by atomic mass is 15.2. The molecule has 104 valence electrons. The summed E-state index contributed by atoms with van der Waals surface area (Å²) < 4.78 is 2.13. The zero-order chi connectivity index (χ0) is 13.8. The van der Waals surface area contributed by atoms with Crippen molar-refractivity contribution >= 4 is 17.0 Å². The van der Waals surface area contributed by atoms with Gasteiger partial charge in [-0.1, -0.05) is 19.9 Å². The lowest BCUT2D eigenvalue weighted by molar-refractivity contribution is 0.294. The van der Waals surface area contributed by atoms with Crippen LogP contribution in [-0.4, -0.2) is 34.1 Å². The van der Waals surface area contributed by atoms with Gasteiger partial charge in [0.25, 0.3) is 0 Å². The summed E-state index contributed by atoms with van der Waals surface area (Å²) in [6.45, 7) is 10.8. The van der Waals surface area contributed by atoms with Crippen LogP contribution in [0.3, 0.4) is 0 Å². The Labute approximate surface area is 115 Å². The smallest absolute Gasteiger partial charge is 0.201 e. The Kier molecular flexibility index (Phi) is 4.43. The van der Waals surface area contributed by atoms with Gasteiger partial charge in [-0.05, 0) is 50.7 Å². The molecule has 0 unspecified atom stereocenters. The molecule has 0 saturated heterocycles. The zero-order valence-electron chi connectivity index (χ0n) is 12.2. The number of nitrogen functional groups attached to an aromatic ring is 1. The van der Waals surface area contributed by atoms with E-state index < -0.39 is 0 Å². The van der Waals surface area contributed by atoms with Gasteiger partial charge in [-0.15, -0.1) is 0 Å². The third-order valence-corrected chi connectivity index (χ3v) is 3.68. The first-order chi connectivity index (χ1) is 9.15. The number of aromatic nitrogens is 2. The minimum Gasteiger partial charge on any atom is -0.369 e. The van der Waals surface area contributed by atoms with E-state index in [1.807, 2.05) is 6.07 Å². The maximum absolute atomic E-state index is 6.02. The normalized spacial score (nSPS) is 11.6. The summed E-state index contributed by atoms with van der Waals surface area (Å²) in [7, 11) is 0. The largest absolute Gasteiger partial charge is 0.369 e. The molecule has 2 N–H and O–H groups in total. The monoisotopic (exact) mass is 260 g/mol. The van der Waals surface area contributed by atoms with E-state index in [9.17, 15) is 0 Å². The van der Waals surface area contributed by atoms with Gasteiger partial charge in [0.05, 0.1) is 11.0 Å². The van der Waals surface area contributed by atoms with Crippen LogP contribution in [0.15, 0.2) is 18.2 Å². The molecule has 0 atom stereocenters. The molecular weight excluding hydrogens is 236 g/mol. The van der Waals surface area contributed by atoms with Crippen LogP contribution in [0, 0.1) is 6.92 Å². The van der Waals surface area contributed by atoms with Crippen LogP contribution in [0.4, 0.5) is 5.95 Å². The molecule has 0 bridgehead atoms. The Balaban J connectivity index is 2.11. The number of fused-ring (bicyclic) bond motifs is 1. The van der Waals surface area contributed by atoms with E-state index in [1.54, 1.807) is 0 Å². The van der Waals surface area contributed by atoms with Crippen LogP contribution in [0.2, 0.25) is 0 Å². The van der Waals surface area contributed by atoms with Gasteiger partial charge >= 0.3 is 0 Å². The van der Waals surface area contributed by atoms with Crippen molar-refractivity contribution in [1.82, 2.24) is 14.5 Å². The van der Waals surface area contributed by atoms with Crippen molar-refractivity contribution in [3.8, 4) is 0 Å². The van der Waals surface area contributed by atoms with Gasteiger partial charge < -0.3 is 15.2 Å². The number of anilines is 1. The molecule has 2 rings (SSSR count). The number of rotatable bonds is 6. The lowest BCUT2D eigenvalue weighted by Gasteiger charge is -2.18. The van der Waals surface area contributed by atoms with E-state index in [0.29, 0.717) is 5.95 Å². The quantitative estimate of drug-likeness (QED) is 0.868. The second-order valence-electron chi connectivity index (χ2n) is 4.99. The SMILES string of the molecule is CCN(CC)CCCn1c(N)nc2ccc(C)cc21. The molecule has 1 aromatic carbocycles. The number of benzene rings is 1. The summed E-state index contributed by atoms with van der Waals surface area (Å²) >= 11 is 0. The number of hydrogen-bond donors (Lipinski definition) is 1. The van der Waals surface area contributed by atoms with Crippen molar-refractivity contribution < 1.29 is 0 Å². The topological polar surface area (TPSA) is 47.1 Å².